The van der Waals surface area contributed by atoms with Crippen LogP contribution in [0.5, 0.6) is 0 Å². The summed E-state index contributed by atoms with van der Waals surface area (Å²) in [5.41, 5.74) is 0.722. The van der Waals surface area contributed by atoms with Crippen LogP contribution in [0, 0.1) is 6.92 Å². The van der Waals surface area contributed by atoms with E-state index >= 15 is 0 Å². The van der Waals surface area contributed by atoms with Gasteiger partial charge in [-0.3, -0.25) is 9.59 Å². The molecule has 1 amide bonds. The molecule has 0 atom stereocenters. The third-order valence-corrected chi connectivity index (χ3v) is 4.02. The highest BCUT2D eigenvalue weighted by atomic mass is 32.2. The van der Waals surface area contributed by atoms with Crippen molar-refractivity contribution in [1.29, 1.82) is 0 Å². The second-order valence-electron chi connectivity index (χ2n) is 5.96. The van der Waals surface area contributed by atoms with Gasteiger partial charge in [0.1, 0.15) is 6.54 Å². The first-order valence-electron chi connectivity index (χ1n) is 6.92. The summed E-state index contributed by atoms with van der Waals surface area (Å²) in [5.74, 6) is -0.456. The van der Waals surface area contributed by atoms with E-state index in [1.165, 1.54) is 10.5 Å². The lowest BCUT2D eigenvalue weighted by Crippen LogP contribution is -2.48. The molecule has 0 bridgehead atoms. The van der Waals surface area contributed by atoms with Crippen molar-refractivity contribution in [3.05, 3.63) is 29.8 Å². The number of aliphatic carboxylic acids is 1. The Hall–Kier alpha value is -1.49. The fourth-order valence-corrected chi connectivity index (χ4v) is 2.70. The largest absolute Gasteiger partial charge is 0.480 e. The Labute approximate surface area is 130 Å². The molecule has 0 saturated carbocycles. The van der Waals surface area contributed by atoms with Crippen LogP contribution in [0.25, 0.3) is 0 Å². The molecule has 4 nitrogen and oxygen atoms in total. The molecule has 5 heteroatoms. The summed E-state index contributed by atoms with van der Waals surface area (Å²) in [6.07, 6.45) is 0.336. The molecule has 1 N–H and O–H groups in total. The lowest BCUT2D eigenvalue weighted by Gasteiger charge is -2.34. The number of nitrogens with zero attached hydrogens (tertiary/aromatic N) is 1. The summed E-state index contributed by atoms with van der Waals surface area (Å²) >= 11 is 1.61. The summed E-state index contributed by atoms with van der Waals surface area (Å²) in [5, 5.41) is 8.93. The number of carboxylic acids is 1. The lowest BCUT2D eigenvalue weighted by atomic mass is 10.1. The van der Waals surface area contributed by atoms with Crippen LogP contribution < -0.4 is 0 Å². The van der Waals surface area contributed by atoms with Crippen molar-refractivity contribution >= 4 is 23.6 Å². The van der Waals surface area contributed by atoms with Crippen molar-refractivity contribution < 1.29 is 14.7 Å². The van der Waals surface area contributed by atoms with Gasteiger partial charge in [0.25, 0.3) is 0 Å². The van der Waals surface area contributed by atoms with E-state index in [1.54, 1.807) is 11.8 Å². The van der Waals surface area contributed by atoms with Crippen molar-refractivity contribution in [3.8, 4) is 0 Å². The van der Waals surface area contributed by atoms with Gasteiger partial charge in [0.15, 0.2) is 0 Å². The molecule has 1 aromatic rings. The van der Waals surface area contributed by atoms with Crippen LogP contribution in [0.4, 0.5) is 0 Å². The first-order chi connectivity index (χ1) is 9.70. The molecule has 0 aliphatic heterocycles. The minimum absolute atomic E-state index is 0.121. The third kappa shape index (κ3) is 6.21. The first-order valence-corrected chi connectivity index (χ1v) is 7.90. The zero-order chi connectivity index (χ0) is 16.0. The topological polar surface area (TPSA) is 57.6 Å². The number of hydrogen-bond acceptors (Lipinski definition) is 3. The average Bonchev–Trinajstić information content (AvgIpc) is 2.36. The number of carboxylic acid groups (broad SMARTS) is 1. The van der Waals surface area contributed by atoms with Crippen molar-refractivity contribution in [1.82, 2.24) is 4.90 Å². The summed E-state index contributed by atoms with van der Waals surface area (Å²) in [4.78, 5) is 25.6. The van der Waals surface area contributed by atoms with Crippen LogP contribution in [0.2, 0.25) is 0 Å². The highest BCUT2D eigenvalue weighted by Crippen LogP contribution is 2.21. The fourth-order valence-electron chi connectivity index (χ4n) is 1.86. The van der Waals surface area contributed by atoms with Gasteiger partial charge in [-0.15, -0.1) is 11.8 Å². The Morgan fingerprint density at radius 2 is 1.76 bits per heavy atom. The predicted molar refractivity (Wildman–Crippen MR) is 85.6 cm³/mol. The molecule has 0 aromatic heterocycles. The zero-order valence-electron chi connectivity index (χ0n) is 13.0. The molecule has 0 heterocycles. The minimum atomic E-state index is -0.982. The Kier molecular flexibility index (Phi) is 6.27. The number of amides is 1. The van der Waals surface area contributed by atoms with E-state index in [-0.39, 0.29) is 12.5 Å². The molecule has 0 aliphatic carbocycles. The molecular weight excluding hydrogens is 286 g/mol. The van der Waals surface area contributed by atoms with Crippen LogP contribution >= 0.6 is 11.8 Å². The normalized spacial score (nSPS) is 11.2. The maximum atomic E-state index is 12.2. The van der Waals surface area contributed by atoms with Crippen molar-refractivity contribution in [2.24, 2.45) is 0 Å². The van der Waals surface area contributed by atoms with E-state index in [2.05, 4.69) is 0 Å². The number of aryl methyl sites for hydroxylation is 1. The van der Waals surface area contributed by atoms with Crippen molar-refractivity contribution in [2.45, 2.75) is 44.6 Å². The predicted octanol–water partition coefficient (Wildman–Crippen LogP) is 3.19. The number of hydrogen-bond donors (Lipinski definition) is 1. The average molecular weight is 309 g/mol. The molecule has 0 saturated heterocycles. The minimum Gasteiger partial charge on any atom is -0.480 e. The number of benzene rings is 1. The van der Waals surface area contributed by atoms with Crippen LogP contribution in [-0.2, 0) is 9.59 Å². The lowest BCUT2D eigenvalue weighted by molar-refractivity contribution is -0.148. The highest BCUT2D eigenvalue weighted by Gasteiger charge is 2.27. The van der Waals surface area contributed by atoms with Crippen molar-refractivity contribution in [2.75, 3.05) is 12.3 Å². The van der Waals surface area contributed by atoms with E-state index in [0.717, 1.165) is 4.90 Å². The van der Waals surface area contributed by atoms with Crippen LogP contribution in [0.15, 0.2) is 29.2 Å². The van der Waals surface area contributed by atoms with Crippen LogP contribution in [-0.4, -0.2) is 39.7 Å². The molecule has 21 heavy (non-hydrogen) atoms. The quantitative estimate of drug-likeness (QED) is 0.820. The zero-order valence-corrected chi connectivity index (χ0v) is 13.9. The molecule has 0 unspecified atom stereocenters. The fraction of sp³-hybridized carbons (Fsp3) is 0.500. The van der Waals surface area contributed by atoms with E-state index in [4.69, 9.17) is 5.11 Å². The summed E-state index contributed by atoms with van der Waals surface area (Å²) in [6.45, 7) is 7.32. The Morgan fingerprint density at radius 1 is 1.19 bits per heavy atom. The van der Waals surface area contributed by atoms with Gasteiger partial charge in [-0.2, -0.15) is 0 Å². The van der Waals surface area contributed by atoms with Gasteiger partial charge >= 0.3 is 5.97 Å². The summed E-state index contributed by atoms with van der Waals surface area (Å²) in [7, 11) is 0. The molecule has 1 aromatic carbocycles. The van der Waals surface area contributed by atoms with Gasteiger partial charge in [0.2, 0.25) is 5.91 Å². The molecular formula is C16H23NO3S. The molecule has 116 valence electrons. The van der Waals surface area contributed by atoms with Gasteiger partial charge in [-0.1, -0.05) is 17.7 Å². The van der Waals surface area contributed by atoms with E-state index < -0.39 is 11.5 Å². The first kappa shape index (κ1) is 17.6. The molecule has 0 fully saturated rings. The third-order valence-electron chi connectivity index (χ3n) is 3.01. The van der Waals surface area contributed by atoms with Gasteiger partial charge < -0.3 is 10.0 Å². The van der Waals surface area contributed by atoms with Crippen LogP contribution in [0.1, 0.15) is 32.8 Å². The molecule has 0 aliphatic rings. The van der Waals surface area contributed by atoms with Crippen molar-refractivity contribution in [3.63, 3.8) is 0 Å². The van der Waals surface area contributed by atoms with Gasteiger partial charge in [-0.25, -0.2) is 0 Å². The van der Waals surface area contributed by atoms with E-state index in [9.17, 15) is 9.59 Å². The number of carbonyl (C=O) groups excluding carboxylic acids is 1. The monoisotopic (exact) mass is 309 g/mol. The second-order valence-corrected chi connectivity index (χ2v) is 7.12. The summed E-state index contributed by atoms with van der Waals surface area (Å²) in [6, 6.07) is 8.14. The molecule has 1 rings (SSSR count). The van der Waals surface area contributed by atoms with E-state index in [1.807, 2.05) is 52.0 Å². The second kappa shape index (κ2) is 7.50. The molecule has 0 spiro atoms. The van der Waals surface area contributed by atoms with Gasteiger partial charge in [0.05, 0.1) is 0 Å². The molecule has 0 radical (unpaired) electrons. The number of carbonyl (C=O) groups is 2. The van der Waals surface area contributed by atoms with Crippen LogP contribution in [0.3, 0.4) is 0 Å². The maximum absolute atomic E-state index is 12.2. The summed E-state index contributed by atoms with van der Waals surface area (Å²) < 4.78 is 0. The maximum Gasteiger partial charge on any atom is 0.323 e. The van der Waals surface area contributed by atoms with Gasteiger partial charge in [-0.05, 0) is 39.8 Å². The highest BCUT2D eigenvalue weighted by molar-refractivity contribution is 7.99. The number of thioether (sulfide) groups is 1. The Morgan fingerprint density at radius 3 is 2.24 bits per heavy atom. The Bertz CT molecular complexity index is 491. The number of rotatable bonds is 6. The van der Waals surface area contributed by atoms with Gasteiger partial charge in [0, 0.05) is 22.6 Å². The smallest absolute Gasteiger partial charge is 0.323 e. The standard InChI is InChI=1S/C16H23NO3S/c1-12-5-7-13(8-6-12)21-10-9-14(18)17(11-15(19)20)16(2,3)4/h5-8H,9-11H2,1-4H3,(H,19,20). The van der Waals surface area contributed by atoms with E-state index in [0.29, 0.717) is 12.2 Å². The Balaban J connectivity index is 2.54. The SMILES string of the molecule is Cc1ccc(SCCC(=O)N(CC(=O)O)C(C)(C)C)cc1.